The predicted molar refractivity (Wildman–Crippen MR) is 87.7 cm³/mol. The van der Waals surface area contributed by atoms with Gasteiger partial charge in [-0.2, -0.15) is 0 Å². The van der Waals surface area contributed by atoms with Gasteiger partial charge in [0.1, 0.15) is 0 Å². The fourth-order valence-electron chi connectivity index (χ4n) is 3.16. The highest BCUT2D eigenvalue weighted by Crippen LogP contribution is 2.33. The van der Waals surface area contributed by atoms with Gasteiger partial charge < -0.3 is 9.64 Å². The Morgan fingerprint density at radius 1 is 1.19 bits per heavy atom. The van der Waals surface area contributed by atoms with E-state index in [9.17, 15) is 0 Å². The highest BCUT2D eigenvalue weighted by Gasteiger charge is 2.24. The van der Waals surface area contributed by atoms with Gasteiger partial charge in [0.2, 0.25) is 0 Å². The molecule has 3 nitrogen and oxygen atoms in total. The molecule has 1 aliphatic rings. The monoisotopic (exact) mass is 290 g/mol. The smallest absolute Gasteiger partial charge is 0.0581 e. The van der Waals surface area contributed by atoms with Gasteiger partial charge in [-0.3, -0.25) is 4.98 Å². The maximum atomic E-state index is 5.51. The number of ether oxygens (including phenoxy) is 1. The number of pyridine rings is 1. The van der Waals surface area contributed by atoms with Gasteiger partial charge in [0.25, 0.3) is 0 Å². The third-order valence-electron chi connectivity index (χ3n) is 4.55. The van der Waals surface area contributed by atoms with E-state index >= 15 is 0 Å². The molecule has 0 saturated carbocycles. The quantitative estimate of drug-likeness (QED) is 0.825. The van der Waals surface area contributed by atoms with Gasteiger partial charge >= 0.3 is 0 Å². The highest BCUT2D eigenvalue weighted by molar-refractivity contribution is 5.28. The molecule has 1 aliphatic heterocycles. The van der Waals surface area contributed by atoms with E-state index in [1.54, 1.807) is 0 Å². The molecule has 0 aliphatic carbocycles. The van der Waals surface area contributed by atoms with Crippen LogP contribution in [-0.4, -0.2) is 37.2 Å². The van der Waals surface area contributed by atoms with Gasteiger partial charge in [-0.05, 0) is 56.3 Å². The molecule has 2 heterocycles. The maximum Gasteiger partial charge on any atom is 0.0581 e. The van der Waals surface area contributed by atoms with E-state index in [1.807, 2.05) is 0 Å². The van der Waals surface area contributed by atoms with Gasteiger partial charge in [-0.25, -0.2) is 0 Å². The molecule has 1 fully saturated rings. The number of aromatic nitrogens is 1. The molecule has 0 radical (unpaired) electrons. The minimum atomic E-state index is 0.485. The third-order valence-corrected chi connectivity index (χ3v) is 4.55. The van der Waals surface area contributed by atoms with Crippen LogP contribution in [0.5, 0.6) is 0 Å². The lowest BCUT2D eigenvalue weighted by Gasteiger charge is -2.29. The fourth-order valence-corrected chi connectivity index (χ4v) is 3.16. The normalized spacial score (nSPS) is 18.4. The number of hydrogen-bond acceptors (Lipinski definition) is 3. The Kier molecular flexibility index (Phi) is 5.77. The molecule has 0 N–H and O–H groups in total. The maximum absolute atomic E-state index is 5.51. The summed E-state index contributed by atoms with van der Waals surface area (Å²) < 4.78 is 5.51. The third kappa shape index (κ3) is 4.27. The first-order chi connectivity index (χ1) is 9.99. The molecular formula is C18H30N2O. The van der Waals surface area contributed by atoms with Crippen molar-refractivity contribution in [2.75, 3.05) is 27.3 Å². The second kappa shape index (κ2) is 7.37. The summed E-state index contributed by atoms with van der Waals surface area (Å²) in [6, 6.07) is 4.54. The zero-order valence-corrected chi connectivity index (χ0v) is 14.2. The fraction of sp³-hybridized carbons (Fsp3) is 0.722. The van der Waals surface area contributed by atoms with Crippen LogP contribution >= 0.6 is 0 Å². The van der Waals surface area contributed by atoms with Gasteiger partial charge in [-0.1, -0.05) is 26.8 Å². The van der Waals surface area contributed by atoms with Crippen molar-refractivity contribution < 1.29 is 4.74 Å². The molecule has 21 heavy (non-hydrogen) atoms. The molecule has 0 aromatic carbocycles. The van der Waals surface area contributed by atoms with E-state index in [0.29, 0.717) is 11.8 Å². The van der Waals surface area contributed by atoms with Crippen LogP contribution in [0.2, 0.25) is 0 Å². The van der Waals surface area contributed by atoms with E-state index in [0.717, 1.165) is 25.7 Å². The standard InChI is InChI=1S/C18H30N2O/c1-13(2)17-7-6-16(18(19-17)12-20(4)5)14(3)15-8-10-21-11-9-15/h6-7,13-15H,8-12H2,1-5H3. The van der Waals surface area contributed by atoms with Crippen molar-refractivity contribution >= 4 is 0 Å². The molecule has 0 amide bonds. The molecule has 0 bridgehead atoms. The van der Waals surface area contributed by atoms with Crippen LogP contribution < -0.4 is 0 Å². The van der Waals surface area contributed by atoms with Crippen LogP contribution in [0.25, 0.3) is 0 Å². The van der Waals surface area contributed by atoms with Crippen molar-refractivity contribution in [2.24, 2.45) is 5.92 Å². The highest BCUT2D eigenvalue weighted by atomic mass is 16.5. The average Bonchev–Trinajstić information content (AvgIpc) is 2.46. The van der Waals surface area contributed by atoms with E-state index < -0.39 is 0 Å². The van der Waals surface area contributed by atoms with Crippen molar-refractivity contribution in [3.63, 3.8) is 0 Å². The Morgan fingerprint density at radius 3 is 2.43 bits per heavy atom. The van der Waals surface area contributed by atoms with Gasteiger partial charge in [0.15, 0.2) is 0 Å². The molecule has 2 rings (SSSR count). The second-order valence-corrected chi connectivity index (χ2v) is 6.90. The minimum absolute atomic E-state index is 0.485. The zero-order chi connectivity index (χ0) is 15.4. The van der Waals surface area contributed by atoms with Crippen molar-refractivity contribution in [1.82, 2.24) is 9.88 Å². The molecule has 118 valence electrons. The van der Waals surface area contributed by atoms with E-state index in [4.69, 9.17) is 9.72 Å². The Hall–Kier alpha value is -0.930. The topological polar surface area (TPSA) is 25.4 Å². The van der Waals surface area contributed by atoms with Gasteiger partial charge in [-0.15, -0.1) is 0 Å². The second-order valence-electron chi connectivity index (χ2n) is 6.90. The Balaban J connectivity index is 2.27. The minimum Gasteiger partial charge on any atom is -0.381 e. The van der Waals surface area contributed by atoms with Crippen LogP contribution in [0.15, 0.2) is 12.1 Å². The molecular weight excluding hydrogens is 260 g/mol. The first kappa shape index (κ1) is 16.4. The Labute approximate surface area is 129 Å². The summed E-state index contributed by atoms with van der Waals surface area (Å²) in [6.45, 7) is 9.53. The van der Waals surface area contributed by atoms with Crippen LogP contribution in [0.4, 0.5) is 0 Å². The summed E-state index contributed by atoms with van der Waals surface area (Å²) in [4.78, 5) is 7.17. The Bertz CT molecular complexity index is 451. The SMILES string of the molecule is CC(C)c1ccc(C(C)C2CCOCC2)c(CN(C)C)n1. The molecule has 1 aromatic rings. The summed E-state index contributed by atoms with van der Waals surface area (Å²) in [5.41, 5.74) is 3.89. The van der Waals surface area contributed by atoms with Gasteiger partial charge in [0.05, 0.1) is 5.69 Å². The van der Waals surface area contributed by atoms with E-state index in [-0.39, 0.29) is 0 Å². The summed E-state index contributed by atoms with van der Waals surface area (Å²) >= 11 is 0. The summed E-state index contributed by atoms with van der Waals surface area (Å²) in [7, 11) is 4.24. The molecule has 1 saturated heterocycles. The lowest BCUT2D eigenvalue weighted by Crippen LogP contribution is -2.23. The number of nitrogens with zero attached hydrogens (tertiary/aromatic N) is 2. The van der Waals surface area contributed by atoms with Crippen LogP contribution in [0.3, 0.4) is 0 Å². The predicted octanol–water partition coefficient (Wildman–Crippen LogP) is 3.80. The molecule has 1 atom stereocenters. The summed E-state index contributed by atoms with van der Waals surface area (Å²) in [5.74, 6) is 1.78. The first-order valence-electron chi connectivity index (χ1n) is 8.21. The molecule has 1 unspecified atom stereocenters. The van der Waals surface area contributed by atoms with Crippen LogP contribution in [-0.2, 0) is 11.3 Å². The zero-order valence-electron chi connectivity index (χ0n) is 14.2. The molecule has 0 spiro atoms. The van der Waals surface area contributed by atoms with Crippen molar-refractivity contribution in [3.8, 4) is 0 Å². The lowest BCUT2D eigenvalue weighted by molar-refractivity contribution is 0.0594. The van der Waals surface area contributed by atoms with Crippen LogP contribution in [0.1, 0.15) is 62.4 Å². The van der Waals surface area contributed by atoms with E-state index in [2.05, 4.69) is 51.9 Å². The summed E-state index contributed by atoms with van der Waals surface area (Å²) in [6.07, 6.45) is 2.35. The number of hydrogen-bond donors (Lipinski definition) is 0. The van der Waals surface area contributed by atoms with Crippen LogP contribution in [0, 0.1) is 5.92 Å². The van der Waals surface area contributed by atoms with Gasteiger partial charge in [0, 0.05) is 25.5 Å². The summed E-state index contributed by atoms with van der Waals surface area (Å²) in [5, 5.41) is 0. The Morgan fingerprint density at radius 2 is 1.86 bits per heavy atom. The van der Waals surface area contributed by atoms with E-state index in [1.165, 1.54) is 29.8 Å². The number of rotatable bonds is 5. The van der Waals surface area contributed by atoms with Crippen molar-refractivity contribution in [1.29, 1.82) is 0 Å². The molecule has 1 aromatic heterocycles. The molecule has 3 heteroatoms. The largest absolute Gasteiger partial charge is 0.381 e. The first-order valence-corrected chi connectivity index (χ1v) is 8.21. The average molecular weight is 290 g/mol. The lowest BCUT2D eigenvalue weighted by atomic mass is 9.81. The van der Waals surface area contributed by atoms with Crippen molar-refractivity contribution in [3.05, 3.63) is 29.1 Å². The van der Waals surface area contributed by atoms with Crippen molar-refractivity contribution in [2.45, 2.75) is 52.0 Å².